The summed E-state index contributed by atoms with van der Waals surface area (Å²) in [5.74, 6) is 0.442. The topological polar surface area (TPSA) is 55.6 Å². The highest BCUT2D eigenvalue weighted by Gasteiger charge is 2.27. The standard InChI is InChI=1S/C16H23ClN2O2/c1-16(2)5-4-7-19(8-6-16)15(20)11-9-12(17)13(18)10-14(11)21-3/h9-10H,4-8,18H2,1-3H3. The predicted octanol–water partition coefficient (Wildman–Crippen LogP) is 3.58. The van der Waals surface area contributed by atoms with Crippen LogP contribution in [-0.2, 0) is 0 Å². The molecular weight excluding hydrogens is 288 g/mol. The first-order valence-corrected chi connectivity index (χ1v) is 7.64. The summed E-state index contributed by atoms with van der Waals surface area (Å²) < 4.78 is 5.28. The molecule has 1 aliphatic heterocycles. The van der Waals surface area contributed by atoms with Crippen LogP contribution in [0.5, 0.6) is 5.75 Å². The van der Waals surface area contributed by atoms with Crippen LogP contribution in [0.4, 0.5) is 5.69 Å². The molecule has 1 aliphatic rings. The van der Waals surface area contributed by atoms with Crippen molar-refractivity contribution in [3.05, 3.63) is 22.7 Å². The van der Waals surface area contributed by atoms with Crippen molar-refractivity contribution in [2.75, 3.05) is 25.9 Å². The molecule has 1 fully saturated rings. The SMILES string of the molecule is COc1cc(N)c(Cl)cc1C(=O)N1CCCC(C)(C)CC1. The predicted molar refractivity (Wildman–Crippen MR) is 86.0 cm³/mol. The number of hydrogen-bond acceptors (Lipinski definition) is 3. The zero-order valence-corrected chi connectivity index (χ0v) is 13.7. The molecule has 0 atom stereocenters. The van der Waals surface area contributed by atoms with E-state index >= 15 is 0 Å². The molecule has 0 radical (unpaired) electrons. The van der Waals surface area contributed by atoms with Gasteiger partial charge in [0.25, 0.3) is 5.91 Å². The van der Waals surface area contributed by atoms with Crippen molar-refractivity contribution in [3.63, 3.8) is 0 Å². The smallest absolute Gasteiger partial charge is 0.257 e. The molecular formula is C16H23ClN2O2. The van der Waals surface area contributed by atoms with Crippen molar-refractivity contribution < 1.29 is 9.53 Å². The lowest BCUT2D eigenvalue weighted by Crippen LogP contribution is -2.32. The Morgan fingerprint density at radius 2 is 2.05 bits per heavy atom. The molecule has 0 aliphatic carbocycles. The lowest BCUT2D eigenvalue weighted by molar-refractivity contribution is 0.0754. The molecule has 5 heteroatoms. The quantitative estimate of drug-likeness (QED) is 0.849. The van der Waals surface area contributed by atoms with E-state index in [0.717, 1.165) is 32.4 Å². The Morgan fingerprint density at radius 1 is 1.33 bits per heavy atom. The number of nitrogen functional groups attached to an aromatic ring is 1. The van der Waals surface area contributed by atoms with Crippen molar-refractivity contribution in [3.8, 4) is 5.75 Å². The highest BCUT2D eigenvalue weighted by molar-refractivity contribution is 6.33. The Bertz CT molecular complexity index is 543. The van der Waals surface area contributed by atoms with Crippen LogP contribution in [0.2, 0.25) is 5.02 Å². The largest absolute Gasteiger partial charge is 0.496 e. The molecule has 21 heavy (non-hydrogen) atoms. The van der Waals surface area contributed by atoms with Crippen LogP contribution < -0.4 is 10.5 Å². The van der Waals surface area contributed by atoms with E-state index in [2.05, 4.69) is 13.8 Å². The van der Waals surface area contributed by atoms with Gasteiger partial charge in [-0.05, 0) is 30.7 Å². The maximum atomic E-state index is 12.8. The molecule has 0 saturated carbocycles. The van der Waals surface area contributed by atoms with Crippen molar-refractivity contribution in [1.82, 2.24) is 4.90 Å². The van der Waals surface area contributed by atoms with Gasteiger partial charge in [-0.25, -0.2) is 0 Å². The number of methoxy groups -OCH3 is 1. The van der Waals surface area contributed by atoms with E-state index in [-0.39, 0.29) is 11.3 Å². The summed E-state index contributed by atoms with van der Waals surface area (Å²) in [6.45, 7) is 6.04. The lowest BCUT2D eigenvalue weighted by Gasteiger charge is -2.24. The number of halogens is 1. The normalized spacial score (nSPS) is 18.2. The van der Waals surface area contributed by atoms with Gasteiger partial charge in [-0.15, -0.1) is 0 Å². The van der Waals surface area contributed by atoms with E-state index in [1.807, 2.05) is 4.90 Å². The maximum absolute atomic E-state index is 12.8. The fourth-order valence-electron chi connectivity index (χ4n) is 2.70. The zero-order chi connectivity index (χ0) is 15.6. The minimum atomic E-state index is -0.0357. The number of anilines is 1. The molecule has 1 aromatic carbocycles. The number of amides is 1. The minimum Gasteiger partial charge on any atom is -0.496 e. The van der Waals surface area contributed by atoms with Gasteiger partial charge in [0.05, 0.1) is 23.4 Å². The Hall–Kier alpha value is -1.42. The third kappa shape index (κ3) is 3.62. The van der Waals surface area contributed by atoms with Crippen LogP contribution in [0.15, 0.2) is 12.1 Å². The number of carbonyl (C=O) groups is 1. The van der Waals surface area contributed by atoms with Crippen LogP contribution >= 0.6 is 11.6 Å². The average Bonchev–Trinajstić information content (AvgIpc) is 2.61. The van der Waals surface area contributed by atoms with Gasteiger partial charge in [-0.3, -0.25) is 4.79 Å². The van der Waals surface area contributed by atoms with Crippen LogP contribution in [0.1, 0.15) is 43.5 Å². The molecule has 1 amide bonds. The Morgan fingerprint density at radius 3 is 2.71 bits per heavy atom. The van der Waals surface area contributed by atoms with Gasteiger partial charge in [-0.1, -0.05) is 25.4 Å². The lowest BCUT2D eigenvalue weighted by atomic mass is 9.85. The third-order valence-electron chi connectivity index (χ3n) is 4.18. The van der Waals surface area contributed by atoms with Crippen LogP contribution in [0.25, 0.3) is 0 Å². The fourth-order valence-corrected chi connectivity index (χ4v) is 2.87. The highest BCUT2D eigenvalue weighted by atomic mass is 35.5. The molecule has 1 saturated heterocycles. The van der Waals surface area contributed by atoms with Crippen molar-refractivity contribution in [2.45, 2.75) is 33.1 Å². The van der Waals surface area contributed by atoms with E-state index in [9.17, 15) is 4.79 Å². The van der Waals surface area contributed by atoms with E-state index in [1.165, 1.54) is 7.11 Å². The molecule has 116 valence electrons. The summed E-state index contributed by atoms with van der Waals surface area (Å²) in [6, 6.07) is 3.21. The molecule has 1 heterocycles. The zero-order valence-electron chi connectivity index (χ0n) is 12.9. The number of carbonyl (C=O) groups excluding carboxylic acids is 1. The number of hydrogen-bond donors (Lipinski definition) is 1. The second-order valence-electron chi connectivity index (χ2n) is 6.38. The first-order valence-electron chi connectivity index (χ1n) is 7.26. The van der Waals surface area contributed by atoms with Gasteiger partial charge >= 0.3 is 0 Å². The Kier molecular flexibility index (Phi) is 4.67. The number of benzene rings is 1. The van der Waals surface area contributed by atoms with Gasteiger partial charge in [0.15, 0.2) is 0 Å². The third-order valence-corrected chi connectivity index (χ3v) is 4.50. The van der Waals surface area contributed by atoms with Crippen molar-refractivity contribution in [1.29, 1.82) is 0 Å². The average molecular weight is 311 g/mol. The summed E-state index contributed by atoms with van der Waals surface area (Å²) >= 11 is 6.05. The van der Waals surface area contributed by atoms with Gasteiger partial charge in [-0.2, -0.15) is 0 Å². The summed E-state index contributed by atoms with van der Waals surface area (Å²) in [5.41, 5.74) is 6.96. The first kappa shape index (κ1) is 16.0. The van der Waals surface area contributed by atoms with Crippen LogP contribution in [0, 0.1) is 5.41 Å². The summed E-state index contributed by atoms with van der Waals surface area (Å²) in [6.07, 6.45) is 3.16. The molecule has 0 unspecified atom stereocenters. The van der Waals surface area contributed by atoms with Crippen LogP contribution in [-0.4, -0.2) is 31.0 Å². The molecule has 0 aromatic heterocycles. The molecule has 0 bridgehead atoms. The molecule has 2 N–H and O–H groups in total. The van der Waals surface area contributed by atoms with Gasteiger partial charge in [0.1, 0.15) is 5.75 Å². The second-order valence-corrected chi connectivity index (χ2v) is 6.79. The monoisotopic (exact) mass is 310 g/mol. The van der Waals surface area contributed by atoms with Gasteiger partial charge in [0, 0.05) is 19.2 Å². The molecule has 0 spiro atoms. The van der Waals surface area contributed by atoms with Crippen molar-refractivity contribution in [2.24, 2.45) is 5.41 Å². The number of ether oxygens (including phenoxy) is 1. The van der Waals surface area contributed by atoms with E-state index < -0.39 is 0 Å². The van der Waals surface area contributed by atoms with E-state index in [0.29, 0.717) is 22.0 Å². The Balaban J connectivity index is 2.25. The number of rotatable bonds is 2. The molecule has 4 nitrogen and oxygen atoms in total. The minimum absolute atomic E-state index is 0.0357. The number of nitrogens with zero attached hydrogens (tertiary/aromatic N) is 1. The van der Waals surface area contributed by atoms with Gasteiger partial charge < -0.3 is 15.4 Å². The number of nitrogens with two attached hydrogens (primary N) is 1. The fraction of sp³-hybridized carbons (Fsp3) is 0.562. The maximum Gasteiger partial charge on any atom is 0.257 e. The molecule has 2 rings (SSSR count). The highest BCUT2D eigenvalue weighted by Crippen LogP contribution is 2.33. The first-order chi connectivity index (χ1) is 9.84. The van der Waals surface area contributed by atoms with E-state index in [1.54, 1.807) is 12.1 Å². The second kappa shape index (κ2) is 6.14. The van der Waals surface area contributed by atoms with Gasteiger partial charge in [0.2, 0.25) is 0 Å². The van der Waals surface area contributed by atoms with Crippen LogP contribution in [0.3, 0.4) is 0 Å². The number of likely N-dealkylation sites (tertiary alicyclic amines) is 1. The summed E-state index contributed by atoms with van der Waals surface area (Å²) in [7, 11) is 1.53. The molecule has 1 aromatic rings. The van der Waals surface area contributed by atoms with Crippen molar-refractivity contribution >= 4 is 23.2 Å². The summed E-state index contributed by atoms with van der Waals surface area (Å²) in [4.78, 5) is 14.6. The summed E-state index contributed by atoms with van der Waals surface area (Å²) in [5, 5.41) is 0.384. The Labute approximate surface area is 131 Å². The van der Waals surface area contributed by atoms with E-state index in [4.69, 9.17) is 22.1 Å².